The van der Waals surface area contributed by atoms with Crippen molar-refractivity contribution in [2.24, 2.45) is 0 Å². The van der Waals surface area contributed by atoms with Gasteiger partial charge in [-0.15, -0.1) is 0 Å². The van der Waals surface area contributed by atoms with E-state index >= 15 is 0 Å². The van der Waals surface area contributed by atoms with E-state index in [0.29, 0.717) is 33.6 Å². The van der Waals surface area contributed by atoms with Crippen molar-refractivity contribution in [3.63, 3.8) is 0 Å². The summed E-state index contributed by atoms with van der Waals surface area (Å²) in [6, 6.07) is 60.7. The van der Waals surface area contributed by atoms with Crippen LogP contribution in [0.4, 0.5) is 0 Å². The van der Waals surface area contributed by atoms with E-state index in [1.165, 1.54) is 0 Å². The molecule has 0 aliphatic rings. The molecule has 0 saturated carbocycles. The van der Waals surface area contributed by atoms with Gasteiger partial charge in [0.25, 0.3) is 0 Å². The standard InChI is InChI=1S/C57H34N6O/c1-8-22-47-39(15-1)40-16-2-9-23-48(40)61(47)38-32-36(35-29-30-46-45-21-7-14-28-53(45)64-54(46)34-35)31-37(33-38)55-58-56(62-49-24-10-3-17-41(49)42-18-4-11-25-50(42)62)60-57(59-55)63-51-26-12-5-19-43(51)44-20-6-13-27-52(44)63/h1-34H/i3D,10D,17D,24D. The molecule has 298 valence electrons. The minimum absolute atomic E-state index is 0.127. The van der Waals surface area contributed by atoms with Crippen LogP contribution in [0.3, 0.4) is 0 Å². The molecule has 0 aliphatic carbocycles. The second kappa shape index (κ2) is 13.3. The second-order valence-electron chi connectivity index (χ2n) is 16.2. The van der Waals surface area contributed by atoms with Gasteiger partial charge in [-0.25, -0.2) is 0 Å². The van der Waals surface area contributed by atoms with Gasteiger partial charge in [0, 0.05) is 54.3 Å². The van der Waals surface area contributed by atoms with Crippen molar-refractivity contribution < 1.29 is 9.90 Å². The maximum atomic E-state index is 9.33. The lowest BCUT2D eigenvalue weighted by Gasteiger charge is -2.15. The minimum Gasteiger partial charge on any atom is -0.456 e. The van der Waals surface area contributed by atoms with Gasteiger partial charge in [-0.2, -0.15) is 15.0 Å². The molecule has 5 heterocycles. The number of fused-ring (bicyclic) bond motifs is 12. The fourth-order valence-corrected chi connectivity index (χ4v) is 9.84. The quantitative estimate of drug-likeness (QED) is 0.173. The van der Waals surface area contributed by atoms with E-state index < -0.39 is 0 Å². The molecule has 0 saturated heterocycles. The van der Waals surface area contributed by atoms with Gasteiger partial charge in [0.1, 0.15) is 11.2 Å². The SMILES string of the molecule is [2H]c1c([2H])c([2H])c2c(c1[2H])c1ccccc1n2-c1nc(-c2cc(-c3ccc4c(c3)oc3ccccc34)cc(-n3c4ccccc4c4ccccc43)c2)nc(-n2c3ccccc3c3ccccc32)n1. The van der Waals surface area contributed by atoms with Crippen LogP contribution in [0.1, 0.15) is 5.48 Å². The zero-order valence-corrected chi connectivity index (χ0v) is 33.9. The van der Waals surface area contributed by atoms with E-state index in [1.54, 1.807) is 4.57 Å². The van der Waals surface area contributed by atoms with Crippen LogP contribution in [0.15, 0.2) is 211 Å². The van der Waals surface area contributed by atoms with Crippen molar-refractivity contribution in [1.29, 1.82) is 0 Å². The normalized spacial score (nSPS) is 12.9. The van der Waals surface area contributed by atoms with Gasteiger partial charge in [0.15, 0.2) is 5.82 Å². The first kappa shape index (κ1) is 31.1. The molecule has 0 spiro atoms. The summed E-state index contributed by atoms with van der Waals surface area (Å²) in [5.41, 5.74) is 9.87. The van der Waals surface area contributed by atoms with Crippen molar-refractivity contribution >= 4 is 87.4 Å². The number of furan rings is 1. The molecule has 7 nitrogen and oxygen atoms in total. The third kappa shape index (κ3) is 5.06. The summed E-state index contributed by atoms with van der Waals surface area (Å²) in [5.74, 6) is 0.921. The number of aromatic nitrogens is 6. The van der Waals surface area contributed by atoms with Gasteiger partial charge >= 0.3 is 0 Å². The molecule has 14 aromatic rings. The summed E-state index contributed by atoms with van der Waals surface area (Å²) < 4.78 is 48.5. The highest BCUT2D eigenvalue weighted by atomic mass is 16.3. The molecule has 14 rings (SSSR count). The molecule has 0 amide bonds. The molecule has 0 aliphatic heterocycles. The van der Waals surface area contributed by atoms with E-state index in [-0.39, 0.29) is 35.6 Å². The van der Waals surface area contributed by atoms with Crippen LogP contribution in [0.25, 0.3) is 127 Å². The minimum atomic E-state index is -0.339. The molecule has 0 atom stereocenters. The number of nitrogens with zero attached hydrogens (tertiary/aromatic N) is 6. The van der Waals surface area contributed by atoms with Gasteiger partial charge < -0.3 is 8.98 Å². The third-order valence-corrected chi connectivity index (χ3v) is 12.6. The fraction of sp³-hybridized carbons (Fsp3) is 0. The Balaban J connectivity index is 1.11. The highest BCUT2D eigenvalue weighted by Gasteiger charge is 2.22. The smallest absolute Gasteiger partial charge is 0.240 e. The first-order valence-electron chi connectivity index (χ1n) is 23.2. The van der Waals surface area contributed by atoms with Crippen LogP contribution >= 0.6 is 0 Å². The Hall–Kier alpha value is -8.81. The molecular formula is C57H34N6O. The largest absolute Gasteiger partial charge is 0.456 e. The summed E-state index contributed by atoms with van der Waals surface area (Å²) >= 11 is 0. The number of benzene rings is 9. The maximum Gasteiger partial charge on any atom is 0.240 e. The van der Waals surface area contributed by atoms with Crippen molar-refractivity contribution in [3.8, 4) is 40.1 Å². The average molecular weight is 823 g/mol. The Bertz CT molecular complexity index is 4360. The maximum absolute atomic E-state index is 9.33. The van der Waals surface area contributed by atoms with Crippen LogP contribution in [0.2, 0.25) is 0 Å². The van der Waals surface area contributed by atoms with E-state index in [0.717, 1.165) is 82.4 Å². The van der Waals surface area contributed by atoms with Crippen molar-refractivity contribution in [1.82, 2.24) is 28.7 Å². The first-order valence-corrected chi connectivity index (χ1v) is 21.2. The van der Waals surface area contributed by atoms with Crippen molar-refractivity contribution in [2.45, 2.75) is 0 Å². The summed E-state index contributed by atoms with van der Waals surface area (Å²) in [5, 5.41) is 7.47. The number of rotatable bonds is 5. The Kier molecular flexibility index (Phi) is 6.48. The number of hydrogen-bond donors (Lipinski definition) is 0. The van der Waals surface area contributed by atoms with Crippen molar-refractivity contribution in [2.75, 3.05) is 0 Å². The summed E-state index contributed by atoms with van der Waals surface area (Å²) in [4.78, 5) is 16.0. The van der Waals surface area contributed by atoms with Crippen molar-refractivity contribution in [3.05, 3.63) is 206 Å². The fourth-order valence-electron chi connectivity index (χ4n) is 9.84. The van der Waals surface area contributed by atoms with Gasteiger partial charge in [0.2, 0.25) is 11.9 Å². The van der Waals surface area contributed by atoms with Crippen LogP contribution in [-0.2, 0) is 0 Å². The van der Waals surface area contributed by atoms with Gasteiger partial charge in [0.05, 0.1) is 38.6 Å². The first-order chi connectivity index (χ1) is 33.4. The van der Waals surface area contributed by atoms with E-state index in [9.17, 15) is 1.37 Å². The van der Waals surface area contributed by atoms with Crippen LogP contribution in [-0.4, -0.2) is 28.7 Å². The van der Waals surface area contributed by atoms with E-state index in [2.05, 4.69) is 124 Å². The van der Waals surface area contributed by atoms with Crippen LogP contribution in [0, 0.1) is 0 Å². The third-order valence-electron chi connectivity index (χ3n) is 12.6. The average Bonchev–Trinajstić information content (AvgIpc) is 4.13. The molecular weight excluding hydrogens is 785 g/mol. The topological polar surface area (TPSA) is 66.6 Å². The molecule has 0 radical (unpaired) electrons. The lowest BCUT2D eigenvalue weighted by atomic mass is 10.00. The molecule has 5 aromatic heterocycles. The Morgan fingerprint density at radius 3 is 1.42 bits per heavy atom. The zero-order valence-electron chi connectivity index (χ0n) is 37.9. The Morgan fingerprint density at radius 1 is 0.344 bits per heavy atom. The Labute approximate surface area is 371 Å². The lowest BCUT2D eigenvalue weighted by molar-refractivity contribution is 0.669. The highest BCUT2D eigenvalue weighted by Crippen LogP contribution is 2.39. The summed E-state index contributed by atoms with van der Waals surface area (Å²) in [6.45, 7) is 0. The van der Waals surface area contributed by atoms with Gasteiger partial charge in [-0.05, 0) is 83.9 Å². The van der Waals surface area contributed by atoms with Gasteiger partial charge in [-0.1, -0.05) is 133 Å². The summed E-state index contributed by atoms with van der Waals surface area (Å²) in [6.07, 6.45) is 0. The predicted molar refractivity (Wildman–Crippen MR) is 261 cm³/mol. The molecule has 0 bridgehead atoms. The molecule has 0 fully saturated rings. The van der Waals surface area contributed by atoms with E-state index in [4.69, 9.17) is 23.5 Å². The predicted octanol–water partition coefficient (Wildman–Crippen LogP) is 14.4. The monoisotopic (exact) mass is 822 g/mol. The van der Waals surface area contributed by atoms with Crippen LogP contribution < -0.4 is 0 Å². The zero-order chi connectivity index (χ0) is 45.4. The Morgan fingerprint density at radius 2 is 0.812 bits per heavy atom. The number of para-hydroxylation sites is 7. The number of hydrogen-bond acceptors (Lipinski definition) is 4. The molecule has 9 aromatic carbocycles. The molecule has 0 N–H and O–H groups in total. The lowest BCUT2D eigenvalue weighted by Crippen LogP contribution is -2.10. The molecule has 0 unspecified atom stereocenters. The second-order valence-corrected chi connectivity index (χ2v) is 16.2. The van der Waals surface area contributed by atoms with Crippen LogP contribution in [0.5, 0.6) is 0 Å². The molecule has 7 heteroatoms. The highest BCUT2D eigenvalue weighted by molar-refractivity contribution is 6.11. The van der Waals surface area contributed by atoms with Gasteiger partial charge in [-0.3, -0.25) is 9.13 Å². The summed E-state index contributed by atoms with van der Waals surface area (Å²) in [7, 11) is 0. The van der Waals surface area contributed by atoms with E-state index in [1.807, 2.05) is 66.7 Å². The molecule has 64 heavy (non-hydrogen) atoms.